The van der Waals surface area contributed by atoms with Crippen LogP contribution < -0.4 is 9.47 Å². The van der Waals surface area contributed by atoms with Gasteiger partial charge in [0.2, 0.25) is 10.0 Å². The standard InChI is InChI=1S/C18H20FNO4S/c1-23-13-9-10-17(24-2)18(12-13)25(21,22)20-11-5-8-16(20)14-6-3-4-7-15(14)19/h3-4,6-7,9-10,12,16H,5,8,11H2,1-2H3/t16-/m1/s1. The predicted molar refractivity (Wildman–Crippen MR) is 91.8 cm³/mol. The van der Waals surface area contributed by atoms with Crippen molar-refractivity contribution < 1.29 is 22.3 Å². The van der Waals surface area contributed by atoms with Crippen LogP contribution in [-0.4, -0.2) is 33.5 Å². The van der Waals surface area contributed by atoms with E-state index in [0.717, 1.165) is 0 Å². The maximum absolute atomic E-state index is 14.2. The van der Waals surface area contributed by atoms with Gasteiger partial charge in [-0.3, -0.25) is 0 Å². The van der Waals surface area contributed by atoms with Crippen molar-refractivity contribution >= 4 is 10.0 Å². The zero-order chi connectivity index (χ0) is 18.0. The van der Waals surface area contributed by atoms with E-state index in [0.29, 0.717) is 30.7 Å². The molecule has 3 rings (SSSR count). The van der Waals surface area contributed by atoms with Crippen molar-refractivity contribution in [2.75, 3.05) is 20.8 Å². The predicted octanol–water partition coefficient (Wildman–Crippen LogP) is 3.37. The van der Waals surface area contributed by atoms with Gasteiger partial charge in [0, 0.05) is 18.2 Å². The summed E-state index contributed by atoms with van der Waals surface area (Å²) in [6, 6.07) is 10.4. The molecule has 25 heavy (non-hydrogen) atoms. The lowest BCUT2D eigenvalue weighted by atomic mass is 10.1. The number of halogens is 1. The Labute approximate surface area is 147 Å². The average Bonchev–Trinajstić information content (AvgIpc) is 3.12. The zero-order valence-electron chi connectivity index (χ0n) is 14.1. The summed E-state index contributed by atoms with van der Waals surface area (Å²) in [6.07, 6.45) is 1.25. The molecule has 0 N–H and O–H groups in total. The molecule has 1 saturated heterocycles. The second-order valence-electron chi connectivity index (χ2n) is 5.81. The summed E-state index contributed by atoms with van der Waals surface area (Å²) < 4.78 is 52.4. The Balaban J connectivity index is 2.06. The van der Waals surface area contributed by atoms with Gasteiger partial charge in [-0.2, -0.15) is 4.31 Å². The minimum Gasteiger partial charge on any atom is -0.497 e. The molecular weight excluding hydrogens is 345 g/mol. The molecule has 1 atom stereocenters. The van der Waals surface area contributed by atoms with Crippen LogP contribution in [0.3, 0.4) is 0 Å². The van der Waals surface area contributed by atoms with Gasteiger partial charge < -0.3 is 9.47 Å². The molecule has 0 aliphatic carbocycles. The number of methoxy groups -OCH3 is 2. The van der Waals surface area contributed by atoms with E-state index < -0.39 is 21.9 Å². The fourth-order valence-electron chi connectivity index (χ4n) is 3.20. The smallest absolute Gasteiger partial charge is 0.247 e. The third-order valence-electron chi connectivity index (χ3n) is 4.43. The number of rotatable bonds is 5. The molecule has 5 nitrogen and oxygen atoms in total. The lowest BCUT2D eigenvalue weighted by molar-refractivity contribution is 0.371. The Bertz CT molecular complexity index is 869. The molecule has 2 aromatic rings. The fraction of sp³-hybridized carbons (Fsp3) is 0.333. The lowest BCUT2D eigenvalue weighted by Gasteiger charge is -2.25. The van der Waals surface area contributed by atoms with Crippen molar-refractivity contribution in [3.63, 3.8) is 0 Å². The van der Waals surface area contributed by atoms with E-state index >= 15 is 0 Å². The zero-order valence-corrected chi connectivity index (χ0v) is 14.9. The van der Waals surface area contributed by atoms with E-state index in [2.05, 4.69) is 0 Å². The van der Waals surface area contributed by atoms with Gasteiger partial charge in [0.15, 0.2) is 0 Å². The van der Waals surface area contributed by atoms with Gasteiger partial charge in [-0.1, -0.05) is 18.2 Å². The van der Waals surface area contributed by atoms with Crippen molar-refractivity contribution in [3.05, 3.63) is 53.8 Å². The second kappa shape index (κ2) is 7.01. The highest BCUT2D eigenvalue weighted by Gasteiger charge is 2.38. The number of ether oxygens (including phenoxy) is 2. The highest BCUT2D eigenvalue weighted by molar-refractivity contribution is 7.89. The molecule has 1 aliphatic heterocycles. The Kier molecular flexibility index (Phi) is 4.96. The quantitative estimate of drug-likeness (QED) is 0.815. The molecular formula is C18H20FNO4S. The third kappa shape index (κ3) is 3.21. The van der Waals surface area contributed by atoms with Crippen LogP contribution in [-0.2, 0) is 10.0 Å². The number of hydrogen-bond acceptors (Lipinski definition) is 4. The monoisotopic (exact) mass is 365 g/mol. The highest BCUT2D eigenvalue weighted by Crippen LogP contribution is 2.40. The van der Waals surface area contributed by atoms with Crippen LogP contribution in [0, 0.1) is 5.82 Å². The molecule has 0 spiro atoms. The van der Waals surface area contributed by atoms with Crippen LogP contribution in [0.5, 0.6) is 11.5 Å². The van der Waals surface area contributed by atoms with E-state index in [9.17, 15) is 12.8 Å². The van der Waals surface area contributed by atoms with Crippen LogP contribution in [0.2, 0.25) is 0 Å². The number of benzene rings is 2. The van der Waals surface area contributed by atoms with Gasteiger partial charge in [0.25, 0.3) is 0 Å². The van der Waals surface area contributed by atoms with Crippen molar-refractivity contribution in [1.29, 1.82) is 0 Å². The van der Waals surface area contributed by atoms with Crippen LogP contribution in [0.1, 0.15) is 24.4 Å². The van der Waals surface area contributed by atoms with Crippen LogP contribution in [0.15, 0.2) is 47.4 Å². The first-order chi connectivity index (χ1) is 12.0. The topological polar surface area (TPSA) is 55.8 Å². The number of nitrogens with zero attached hydrogens (tertiary/aromatic N) is 1. The minimum absolute atomic E-state index is 0.0255. The van der Waals surface area contributed by atoms with Gasteiger partial charge in [-0.15, -0.1) is 0 Å². The summed E-state index contributed by atoms with van der Waals surface area (Å²) in [4.78, 5) is 0.0255. The van der Waals surface area contributed by atoms with Crippen molar-refractivity contribution in [3.8, 4) is 11.5 Å². The molecule has 2 aromatic carbocycles. The summed E-state index contributed by atoms with van der Waals surface area (Å²) in [5, 5.41) is 0. The van der Waals surface area contributed by atoms with Crippen LogP contribution in [0.4, 0.5) is 4.39 Å². The van der Waals surface area contributed by atoms with Crippen molar-refractivity contribution in [1.82, 2.24) is 4.31 Å². The highest BCUT2D eigenvalue weighted by atomic mass is 32.2. The van der Waals surface area contributed by atoms with Gasteiger partial charge in [-0.05, 0) is 31.0 Å². The summed E-state index contributed by atoms with van der Waals surface area (Å²) in [7, 11) is -0.982. The first kappa shape index (κ1) is 17.7. The van der Waals surface area contributed by atoms with E-state index in [1.54, 1.807) is 30.3 Å². The molecule has 1 aliphatic rings. The maximum Gasteiger partial charge on any atom is 0.247 e. The number of sulfonamides is 1. The average molecular weight is 365 g/mol. The normalized spacial score (nSPS) is 18.3. The second-order valence-corrected chi connectivity index (χ2v) is 7.67. The third-order valence-corrected chi connectivity index (χ3v) is 6.35. The van der Waals surface area contributed by atoms with Crippen molar-refractivity contribution in [2.45, 2.75) is 23.8 Å². The van der Waals surface area contributed by atoms with Gasteiger partial charge >= 0.3 is 0 Å². The molecule has 1 fully saturated rings. The first-order valence-corrected chi connectivity index (χ1v) is 9.41. The van der Waals surface area contributed by atoms with E-state index in [1.165, 1.54) is 30.7 Å². The van der Waals surface area contributed by atoms with Crippen LogP contribution >= 0.6 is 0 Å². The molecule has 1 heterocycles. The molecule has 0 bridgehead atoms. The molecule has 0 saturated carbocycles. The summed E-state index contributed by atoms with van der Waals surface area (Å²) in [5.74, 6) is 0.258. The molecule has 7 heteroatoms. The fourth-order valence-corrected chi connectivity index (χ4v) is 5.04. The molecule has 0 radical (unpaired) electrons. The Morgan fingerprint density at radius 3 is 2.56 bits per heavy atom. The summed E-state index contributed by atoms with van der Waals surface area (Å²) in [5.41, 5.74) is 0.394. The Hall–Kier alpha value is -2.12. The first-order valence-electron chi connectivity index (χ1n) is 7.97. The Morgan fingerprint density at radius 1 is 1.12 bits per heavy atom. The van der Waals surface area contributed by atoms with Crippen LogP contribution in [0.25, 0.3) is 0 Å². The van der Waals surface area contributed by atoms with Gasteiger partial charge in [0.1, 0.15) is 22.2 Å². The summed E-state index contributed by atoms with van der Waals surface area (Å²) in [6.45, 7) is 0.335. The van der Waals surface area contributed by atoms with Gasteiger partial charge in [0.05, 0.1) is 20.3 Å². The lowest BCUT2D eigenvalue weighted by Crippen LogP contribution is -2.31. The maximum atomic E-state index is 14.2. The molecule has 0 aromatic heterocycles. The largest absolute Gasteiger partial charge is 0.497 e. The van der Waals surface area contributed by atoms with Gasteiger partial charge in [-0.25, -0.2) is 12.8 Å². The van der Waals surface area contributed by atoms with E-state index in [4.69, 9.17) is 9.47 Å². The van der Waals surface area contributed by atoms with E-state index in [1.807, 2.05) is 0 Å². The SMILES string of the molecule is COc1ccc(OC)c(S(=O)(=O)N2CCC[C@@H]2c2ccccc2F)c1. The van der Waals surface area contributed by atoms with E-state index in [-0.39, 0.29) is 10.6 Å². The molecule has 0 amide bonds. The summed E-state index contributed by atoms with van der Waals surface area (Å²) >= 11 is 0. The Morgan fingerprint density at radius 2 is 1.88 bits per heavy atom. The minimum atomic E-state index is -3.87. The molecule has 0 unspecified atom stereocenters. The molecule has 134 valence electrons. The number of hydrogen-bond donors (Lipinski definition) is 0. The van der Waals surface area contributed by atoms with Crippen molar-refractivity contribution in [2.24, 2.45) is 0 Å².